The van der Waals surface area contributed by atoms with Crippen molar-refractivity contribution in [3.63, 3.8) is 0 Å². The van der Waals surface area contributed by atoms with Crippen LogP contribution in [0, 0.1) is 0 Å². The fraction of sp³-hybridized carbons (Fsp3) is 0.571. The summed E-state index contributed by atoms with van der Waals surface area (Å²) in [4.78, 5) is 39.0. The second-order valence-corrected chi connectivity index (χ2v) is 7.64. The number of carbonyl (C=O) groups excluding carboxylic acids is 3. The van der Waals surface area contributed by atoms with Gasteiger partial charge in [-0.2, -0.15) is 0 Å². The number of hydrogen-bond acceptors (Lipinski definition) is 5. The van der Waals surface area contributed by atoms with Crippen LogP contribution >= 0.6 is 0 Å². The van der Waals surface area contributed by atoms with E-state index in [-0.39, 0.29) is 12.5 Å². The largest absolute Gasteiger partial charge is 0.467 e. The van der Waals surface area contributed by atoms with Crippen molar-refractivity contribution < 1.29 is 23.9 Å². The van der Waals surface area contributed by atoms with Gasteiger partial charge in [0.15, 0.2) is 0 Å². The Morgan fingerprint density at radius 1 is 1.14 bits per heavy atom. The number of ether oxygens (including phenoxy) is 2. The van der Waals surface area contributed by atoms with Crippen molar-refractivity contribution in [2.75, 3.05) is 7.11 Å². The van der Waals surface area contributed by atoms with E-state index in [1.54, 1.807) is 27.7 Å². The standard InChI is InChI=1S/C21H32N2O5/c1-7-11-17(22-20(26)28-21(3,4)5)18(24)23(15(2)19(25)27-6)14-16-12-9-8-10-13-16/h8-10,12-13,15,17H,7,11,14H2,1-6H3,(H,22,26)/t15-,17+/m0/s1. The molecule has 2 amide bonds. The predicted molar refractivity (Wildman–Crippen MR) is 107 cm³/mol. The maximum Gasteiger partial charge on any atom is 0.408 e. The number of amides is 2. The summed E-state index contributed by atoms with van der Waals surface area (Å²) in [5, 5.41) is 2.65. The van der Waals surface area contributed by atoms with E-state index in [0.29, 0.717) is 12.8 Å². The fourth-order valence-corrected chi connectivity index (χ4v) is 2.68. The zero-order chi connectivity index (χ0) is 21.3. The molecule has 0 aromatic heterocycles. The fourth-order valence-electron chi connectivity index (χ4n) is 2.68. The van der Waals surface area contributed by atoms with E-state index in [4.69, 9.17) is 9.47 Å². The molecule has 156 valence electrons. The lowest BCUT2D eigenvalue weighted by Crippen LogP contribution is -2.53. The number of esters is 1. The summed E-state index contributed by atoms with van der Waals surface area (Å²) >= 11 is 0. The Balaban J connectivity index is 3.07. The van der Waals surface area contributed by atoms with Crippen LogP contribution in [0.5, 0.6) is 0 Å². The first-order chi connectivity index (χ1) is 13.1. The summed E-state index contributed by atoms with van der Waals surface area (Å²) < 4.78 is 10.1. The normalized spacial score (nSPS) is 13.2. The molecule has 0 aliphatic carbocycles. The molecule has 0 fully saturated rings. The van der Waals surface area contributed by atoms with Gasteiger partial charge in [0.1, 0.15) is 17.7 Å². The molecule has 0 aliphatic rings. The van der Waals surface area contributed by atoms with Crippen LogP contribution in [-0.2, 0) is 25.6 Å². The molecule has 0 heterocycles. The Kier molecular flexibility index (Phi) is 8.96. The minimum Gasteiger partial charge on any atom is -0.467 e. The van der Waals surface area contributed by atoms with Crippen molar-refractivity contribution in [2.24, 2.45) is 0 Å². The molecule has 0 unspecified atom stereocenters. The monoisotopic (exact) mass is 392 g/mol. The van der Waals surface area contributed by atoms with Crippen LogP contribution in [0.3, 0.4) is 0 Å². The molecule has 1 aromatic rings. The van der Waals surface area contributed by atoms with E-state index in [9.17, 15) is 14.4 Å². The van der Waals surface area contributed by atoms with Gasteiger partial charge in [-0.15, -0.1) is 0 Å². The minimum absolute atomic E-state index is 0.228. The Morgan fingerprint density at radius 3 is 2.25 bits per heavy atom. The van der Waals surface area contributed by atoms with Crippen molar-refractivity contribution in [1.82, 2.24) is 10.2 Å². The first-order valence-corrected chi connectivity index (χ1v) is 9.50. The van der Waals surface area contributed by atoms with E-state index in [1.807, 2.05) is 37.3 Å². The average Bonchev–Trinajstić information content (AvgIpc) is 2.63. The van der Waals surface area contributed by atoms with Crippen molar-refractivity contribution in [2.45, 2.75) is 71.7 Å². The summed E-state index contributed by atoms with van der Waals surface area (Å²) in [6.07, 6.45) is 0.444. The van der Waals surface area contributed by atoms with Crippen LogP contribution in [0.1, 0.15) is 53.0 Å². The van der Waals surface area contributed by atoms with Gasteiger partial charge >= 0.3 is 12.1 Å². The molecule has 1 rings (SSSR count). The van der Waals surface area contributed by atoms with Crippen molar-refractivity contribution in [1.29, 1.82) is 0 Å². The lowest BCUT2D eigenvalue weighted by atomic mass is 10.1. The summed E-state index contributed by atoms with van der Waals surface area (Å²) in [7, 11) is 1.28. The average molecular weight is 392 g/mol. The van der Waals surface area contributed by atoms with Gasteiger partial charge in [0, 0.05) is 6.54 Å². The predicted octanol–water partition coefficient (Wildman–Crippen LogP) is 3.27. The third-order valence-corrected chi connectivity index (χ3v) is 4.06. The molecule has 0 aliphatic heterocycles. The highest BCUT2D eigenvalue weighted by Gasteiger charge is 2.33. The number of rotatable bonds is 8. The molecular formula is C21H32N2O5. The molecule has 0 saturated heterocycles. The van der Waals surface area contributed by atoms with Gasteiger partial charge in [0.2, 0.25) is 5.91 Å². The van der Waals surface area contributed by atoms with E-state index in [1.165, 1.54) is 12.0 Å². The number of hydrogen-bond donors (Lipinski definition) is 1. The second kappa shape index (κ2) is 10.7. The van der Waals surface area contributed by atoms with Crippen LogP contribution in [0.15, 0.2) is 30.3 Å². The topological polar surface area (TPSA) is 84.9 Å². The van der Waals surface area contributed by atoms with Crippen LogP contribution in [0.25, 0.3) is 0 Å². The molecule has 1 N–H and O–H groups in total. The Labute approximate surface area is 167 Å². The van der Waals surface area contributed by atoms with Gasteiger partial charge in [-0.3, -0.25) is 4.79 Å². The highest BCUT2D eigenvalue weighted by molar-refractivity contribution is 5.89. The molecule has 0 saturated carbocycles. The number of nitrogens with one attached hydrogen (secondary N) is 1. The van der Waals surface area contributed by atoms with Crippen LogP contribution in [0.2, 0.25) is 0 Å². The van der Waals surface area contributed by atoms with Crippen LogP contribution in [0.4, 0.5) is 4.79 Å². The van der Waals surface area contributed by atoms with Crippen molar-refractivity contribution >= 4 is 18.0 Å². The summed E-state index contributed by atoms with van der Waals surface area (Å²) in [5.41, 5.74) is 0.201. The third kappa shape index (κ3) is 7.58. The van der Waals surface area contributed by atoms with E-state index < -0.39 is 29.7 Å². The summed E-state index contributed by atoms with van der Waals surface area (Å²) in [6, 6.07) is 7.77. The highest BCUT2D eigenvalue weighted by Crippen LogP contribution is 2.15. The smallest absolute Gasteiger partial charge is 0.408 e. The molecule has 0 spiro atoms. The number of carbonyl (C=O) groups is 3. The molecule has 2 atom stereocenters. The number of methoxy groups -OCH3 is 1. The van der Waals surface area contributed by atoms with Gasteiger partial charge < -0.3 is 19.7 Å². The first-order valence-electron chi connectivity index (χ1n) is 9.50. The maximum atomic E-state index is 13.2. The molecule has 28 heavy (non-hydrogen) atoms. The Morgan fingerprint density at radius 2 is 1.75 bits per heavy atom. The Bertz CT molecular complexity index is 655. The third-order valence-electron chi connectivity index (χ3n) is 4.06. The van der Waals surface area contributed by atoms with Crippen LogP contribution < -0.4 is 5.32 Å². The molecule has 7 nitrogen and oxygen atoms in total. The lowest BCUT2D eigenvalue weighted by molar-refractivity contribution is -0.153. The lowest BCUT2D eigenvalue weighted by Gasteiger charge is -2.32. The quantitative estimate of drug-likeness (QED) is 0.687. The highest BCUT2D eigenvalue weighted by atomic mass is 16.6. The van der Waals surface area contributed by atoms with Gasteiger partial charge in [-0.05, 0) is 39.7 Å². The van der Waals surface area contributed by atoms with Crippen molar-refractivity contribution in [3.8, 4) is 0 Å². The molecule has 0 radical (unpaired) electrons. The van der Waals surface area contributed by atoms with Gasteiger partial charge in [0.25, 0.3) is 0 Å². The van der Waals surface area contributed by atoms with Gasteiger partial charge in [-0.1, -0.05) is 43.7 Å². The number of nitrogens with zero attached hydrogens (tertiary/aromatic N) is 1. The molecular weight excluding hydrogens is 360 g/mol. The van der Waals surface area contributed by atoms with E-state index >= 15 is 0 Å². The number of alkyl carbamates (subject to hydrolysis) is 1. The second-order valence-electron chi connectivity index (χ2n) is 7.64. The molecule has 1 aromatic carbocycles. The summed E-state index contributed by atoms with van der Waals surface area (Å²) in [5.74, 6) is -0.869. The Hall–Kier alpha value is -2.57. The van der Waals surface area contributed by atoms with E-state index in [2.05, 4.69) is 5.32 Å². The SMILES string of the molecule is CCC[C@@H](NC(=O)OC(C)(C)C)C(=O)N(Cc1ccccc1)[C@@H](C)C(=O)OC. The van der Waals surface area contributed by atoms with Crippen molar-refractivity contribution in [3.05, 3.63) is 35.9 Å². The zero-order valence-electron chi connectivity index (χ0n) is 17.7. The molecule has 7 heteroatoms. The van der Waals surface area contributed by atoms with Crippen LogP contribution in [-0.4, -0.2) is 47.7 Å². The van der Waals surface area contributed by atoms with Gasteiger partial charge in [-0.25, -0.2) is 9.59 Å². The van der Waals surface area contributed by atoms with E-state index in [0.717, 1.165) is 5.56 Å². The maximum absolute atomic E-state index is 13.2. The summed E-state index contributed by atoms with van der Waals surface area (Å²) in [6.45, 7) is 9.02. The zero-order valence-corrected chi connectivity index (χ0v) is 17.7. The molecule has 0 bridgehead atoms. The number of benzene rings is 1. The van der Waals surface area contributed by atoms with Gasteiger partial charge in [0.05, 0.1) is 7.11 Å². The minimum atomic E-state index is -0.796. The first kappa shape index (κ1) is 23.5.